The Kier molecular flexibility index (Phi) is 4.80. The van der Waals surface area contributed by atoms with Gasteiger partial charge in [-0.3, -0.25) is 4.79 Å². The van der Waals surface area contributed by atoms with Crippen LogP contribution in [0.25, 0.3) is 0 Å². The number of benzene rings is 1. The largest absolute Gasteiger partial charge is 0.506 e. The van der Waals surface area contributed by atoms with E-state index in [0.717, 1.165) is 31.5 Å². The van der Waals surface area contributed by atoms with E-state index in [0.29, 0.717) is 26.1 Å². The fraction of sp³-hybridized carbons (Fsp3) is 0.588. The lowest BCUT2D eigenvalue weighted by Gasteiger charge is -2.46. The maximum atomic E-state index is 12.6. The van der Waals surface area contributed by atoms with Gasteiger partial charge in [0.2, 0.25) is 5.91 Å². The summed E-state index contributed by atoms with van der Waals surface area (Å²) in [6, 6.07) is 4.92. The topological polar surface area (TPSA) is 53.0 Å². The maximum Gasteiger partial charge on any atom is 0.227 e. The first kappa shape index (κ1) is 16.6. The highest BCUT2D eigenvalue weighted by atomic mass is 35.5. The van der Waals surface area contributed by atoms with Gasteiger partial charge < -0.3 is 19.6 Å². The molecule has 1 spiro atoms. The van der Waals surface area contributed by atoms with Crippen LogP contribution in [0.1, 0.15) is 18.4 Å². The molecular weight excluding hydrogens is 316 g/mol. The predicted octanol–water partition coefficient (Wildman–Crippen LogP) is 1.91. The molecule has 0 saturated carbocycles. The number of hydrogen-bond acceptors (Lipinski definition) is 4. The molecule has 1 amide bonds. The SMILES string of the molecule is CN1CCC2(CC1)CN(C(=O)Cc1ccc(O)c(Cl)c1)CCO2. The summed E-state index contributed by atoms with van der Waals surface area (Å²) in [7, 11) is 2.12. The van der Waals surface area contributed by atoms with Crippen molar-refractivity contribution in [2.45, 2.75) is 24.9 Å². The zero-order valence-electron chi connectivity index (χ0n) is 13.4. The van der Waals surface area contributed by atoms with Gasteiger partial charge in [-0.1, -0.05) is 17.7 Å². The van der Waals surface area contributed by atoms with Crippen molar-refractivity contribution in [1.29, 1.82) is 0 Å². The Morgan fingerprint density at radius 3 is 2.78 bits per heavy atom. The highest BCUT2D eigenvalue weighted by Crippen LogP contribution is 2.30. The lowest BCUT2D eigenvalue weighted by Crippen LogP contribution is -2.57. The Hall–Kier alpha value is -1.30. The number of carbonyl (C=O) groups is 1. The van der Waals surface area contributed by atoms with Gasteiger partial charge in [-0.25, -0.2) is 0 Å². The Morgan fingerprint density at radius 1 is 1.35 bits per heavy atom. The molecule has 23 heavy (non-hydrogen) atoms. The van der Waals surface area contributed by atoms with Gasteiger partial charge >= 0.3 is 0 Å². The first-order valence-corrected chi connectivity index (χ1v) is 8.43. The van der Waals surface area contributed by atoms with Crippen LogP contribution in [0.3, 0.4) is 0 Å². The minimum Gasteiger partial charge on any atom is -0.506 e. The molecule has 2 aliphatic heterocycles. The van der Waals surface area contributed by atoms with Gasteiger partial charge in [-0.15, -0.1) is 0 Å². The molecule has 126 valence electrons. The number of halogens is 1. The van der Waals surface area contributed by atoms with E-state index in [4.69, 9.17) is 16.3 Å². The third kappa shape index (κ3) is 3.79. The van der Waals surface area contributed by atoms with Crippen LogP contribution < -0.4 is 0 Å². The van der Waals surface area contributed by atoms with E-state index in [1.807, 2.05) is 4.90 Å². The number of phenolic OH excluding ortho intramolecular Hbond substituents is 1. The summed E-state index contributed by atoms with van der Waals surface area (Å²) in [5.41, 5.74) is 0.647. The summed E-state index contributed by atoms with van der Waals surface area (Å²) in [5, 5.41) is 9.75. The van der Waals surface area contributed by atoms with Gasteiger partial charge in [0, 0.05) is 26.2 Å². The van der Waals surface area contributed by atoms with Crippen LogP contribution in [0, 0.1) is 0 Å². The van der Waals surface area contributed by atoms with Crippen LogP contribution in [0.15, 0.2) is 18.2 Å². The molecule has 2 fully saturated rings. The third-order valence-electron chi connectivity index (χ3n) is 4.87. The first-order valence-electron chi connectivity index (χ1n) is 8.05. The monoisotopic (exact) mass is 338 g/mol. The molecule has 0 unspecified atom stereocenters. The number of ether oxygens (including phenoxy) is 1. The van der Waals surface area contributed by atoms with Crippen molar-refractivity contribution in [2.75, 3.05) is 39.8 Å². The standard InChI is InChI=1S/C17H23ClN2O3/c1-19-6-4-17(5-7-19)12-20(8-9-23-17)16(22)11-13-2-3-15(21)14(18)10-13/h2-3,10,21H,4-9,11-12H2,1H3. The molecule has 0 atom stereocenters. The molecule has 0 radical (unpaired) electrons. The number of amides is 1. The molecule has 2 aliphatic rings. The number of carbonyl (C=O) groups excluding carboxylic acids is 1. The molecule has 1 aromatic rings. The minimum absolute atomic E-state index is 0.0412. The van der Waals surface area contributed by atoms with Crippen LogP contribution >= 0.6 is 11.6 Å². The molecule has 6 heteroatoms. The molecule has 0 bridgehead atoms. The Morgan fingerprint density at radius 2 is 2.09 bits per heavy atom. The van der Waals surface area contributed by atoms with E-state index < -0.39 is 0 Å². The molecule has 2 heterocycles. The Bertz CT molecular complexity index is 585. The minimum atomic E-state index is -0.174. The fourth-order valence-corrected chi connectivity index (χ4v) is 3.54. The van der Waals surface area contributed by atoms with Gasteiger partial charge in [-0.05, 0) is 37.6 Å². The number of nitrogens with zero attached hydrogens (tertiary/aromatic N) is 2. The molecule has 2 saturated heterocycles. The first-order chi connectivity index (χ1) is 11.0. The highest BCUT2D eigenvalue weighted by Gasteiger charge is 2.40. The summed E-state index contributed by atoms with van der Waals surface area (Å²) in [4.78, 5) is 16.8. The van der Waals surface area contributed by atoms with Crippen LogP contribution in [0.5, 0.6) is 5.75 Å². The van der Waals surface area contributed by atoms with Gasteiger partial charge in [0.25, 0.3) is 0 Å². The van der Waals surface area contributed by atoms with Crippen molar-refractivity contribution in [3.8, 4) is 5.75 Å². The lowest BCUT2D eigenvalue weighted by atomic mass is 9.89. The number of aromatic hydroxyl groups is 1. The van der Waals surface area contributed by atoms with Gasteiger partial charge in [0.15, 0.2) is 0 Å². The van der Waals surface area contributed by atoms with Crippen LogP contribution in [-0.4, -0.2) is 66.2 Å². The zero-order valence-corrected chi connectivity index (χ0v) is 14.2. The van der Waals surface area contributed by atoms with Crippen molar-refractivity contribution < 1.29 is 14.6 Å². The van der Waals surface area contributed by atoms with Crippen molar-refractivity contribution in [2.24, 2.45) is 0 Å². The summed E-state index contributed by atoms with van der Waals surface area (Å²) < 4.78 is 6.05. The Labute approximate surface area is 141 Å². The smallest absolute Gasteiger partial charge is 0.227 e. The van der Waals surface area contributed by atoms with E-state index in [1.165, 1.54) is 6.07 Å². The number of morpholine rings is 1. The van der Waals surface area contributed by atoms with Crippen molar-refractivity contribution >= 4 is 17.5 Å². The zero-order chi connectivity index (χ0) is 16.4. The molecule has 0 aromatic heterocycles. The number of likely N-dealkylation sites (tertiary alicyclic amines) is 1. The highest BCUT2D eigenvalue weighted by molar-refractivity contribution is 6.32. The van der Waals surface area contributed by atoms with Crippen molar-refractivity contribution in [3.05, 3.63) is 28.8 Å². The molecule has 3 rings (SSSR count). The number of piperidine rings is 1. The number of rotatable bonds is 2. The van der Waals surface area contributed by atoms with Crippen LogP contribution in [0.4, 0.5) is 0 Å². The summed E-state index contributed by atoms with van der Waals surface area (Å²) in [6.45, 7) is 3.94. The molecule has 0 aliphatic carbocycles. The third-order valence-corrected chi connectivity index (χ3v) is 5.17. The second-order valence-electron chi connectivity index (χ2n) is 6.61. The van der Waals surface area contributed by atoms with E-state index >= 15 is 0 Å². The molecule has 5 nitrogen and oxygen atoms in total. The van der Waals surface area contributed by atoms with Gasteiger partial charge in [0.05, 0.1) is 23.7 Å². The summed E-state index contributed by atoms with van der Waals surface area (Å²) in [5.74, 6) is 0.132. The quantitative estimate of drug-likeness (QED) is 0.895. The second-order valence-corrected chi connectivity index (χ2v) is 7.02. The van der Waals surface area contributed by atoms with Gasteiger partial charge in [0.1, 0.15) is 5.75 Å². The summed E-state index contributed by atoms with van der Waals surface area (Å²) >= 11 is 5.91. The molecule has 1 aromatic carbocycles. The van der Waals surface area contributed by atoms with E-state index in [-0.39, 0.29) is 22.3 Å². The van der Waals surface area contributed by atoms with Crippen LogP contribution in [0.2, 0.25) is 5.02 Å². The molecular formula is C17H23ClN2O3. The van der Waals surface area contributed by atoms with E-state index in [2.05, 4.69) is 11.9 Å². The number of phenols is 1. The molecule has 1 N–H and O–H groups in total. The second kappa shape index (κ2) is 6.67. The van der Waals surface area contributed by atoms with E-state index in [1.54, 1.807) is 12.1 Å². The van der Waals surface area contributed by atoms with Gasteiger partial charge in [-0.2, -0.15) is 0 Å². The van der Waals surface area contributed by atoms with Crippen LogP contribution in [-0.2, 0) is 16.0 Å². The van der Waals surface area contributed by atoms with Crippen molar-refractivity contribution in [1.82, 2.24) is 9.80 Å². The maximum absolute atomic E-state index is 12.6. The predicted molar refractivity (Wildman–Crippen MR) is 88.8 cm³/mol. The normalized spacial score (nSPS) is 21.6. The lowest BCUT2D eigenvalue weighted by molar-refractivity contribution is -0.158. The summed E-state index contributed by atoms with van der Waals surface area (Å²) in [6.07, 6.45) is 2.24. The number of hydrogen-bond donors (Lipinski definition) is 1. The Balaban J connectivity index is 1.64. The van der Waals surface area contributed by atoms with E-state index in [9.17, 15) is 9.90 Å². The average molecular weight is 339 g/mol. The average Bonchev–Trinajstić information content (AvgIpc) is 2.54. The fourth-order valence-electron chi connectivity index (χ4n) is 3.33. The van der Waals surface area contributed by atoms with Crippen molar-refractivity contribution in [3.63, 3.8) is 0 Å².